The first kappa shape index (κ1) is 19.6. The standard InChI is InChI=1S/C22H17ClN4O3/c1-14-9-10-18(17(23)12-14)24-19(28)13-27-11-5-8-16(22(27)29)21-25-20(26-30-21)15-6-3-2-4-7-15/h2-12H,13H2,1H3,(H,24,28). The Morgan fingerprint density at radius 1 is 1.13 bits per heavy atom. The average Bonchev–Trinajstić information content (AvgIpc) is 3.22. The summed E-state index contributed by atoms with van der Waals surface area (Å²) in [4.78, 5) is 29.6. The maximum atomic E-state index is 12.8. The van der Waals surface area contributed by atoms with Crippen LogP contribution in [0.15, 0.2) is 76.2 Å². The lowest BCUT2D eigenvalue weighted by Gasteiger charge is -2.09. The highest BCUT2D eigenvalue weighted by atomic mass is 35.5. The molecule has 1 amide bonds. The Kier molecular flexibility index (Phi) is 5.45. The average molecular weight is 421 g/mol. The number of rotatable bonds is 5. The van der Waals surface area contributed by atoms with Crippen LogP contribution in [0.4, 0.5) is 5.69 Å². The molecule has 0 bridgehead atoms. The van der Waals surface area contributed by atoms with Gasteiger partial charge in [0, 0.05) is 11.8 Å². The molecule has 0 fully saturated rings. The first-order valence-electron chi connectivity index (χ1n) is 9.16. The van der Waals surface area contributed by atoms with Crippen LogP contribution in [0.5, 0.6) is 0 Å². The van der Waals surface area contributed by atoms with Crippen LogP contribution in [0.3, 0.4) is 0 Å². The van der Waals surface area contributed by atoms with Crippen LogP contribution in [-0.2, 0) is 11.3 Å². The van der Waals surface area contributed by atoms with Gasteiger partial charge in [-0.1, -0.05) is 53.2 Å². The van der Waals surface area contributed by atoms with Gasteiger partial charge in [0.15, 0.2) is 0 Å². The molecule has 2 aromatic heterocycles. The van der Waals surface area contributed by atoms with E-state index in [-0.39, 0.29) is 23.9 Å². The third-order valence-corrected chi connectivity index (χ3v) is 4.73. The van der Waals surface area contributed by atoms with Gasteiger partial charge in [0.1, 0.15) is 12.1 Å². The molecule has 8 heteroatoms. The van der Waals surface area contributed by atoms with Crippen molar-refractivity contribution < 1.29 is 9.32 Å². The molecule has 0 aliphatic rings. The van der Waals surface area contributed by atoms with E-state index in [4.69, 9.17) is 16.1 Å². The number of amides is 1. The monoisotopic (exact) mass is 420 g/mol. The molecule has 4 aromatic rings. The first-order chi connectivity index (χ1) is 14.5. The van der Waals surface area contributed by atoms with E-state index in [1.54, 1.807) is 24.3 Å². The molecule has 30 heavy (non-hydrogen) atoms. The van der Waals surface area contributed by atoms with Crippen molar-refractivity contribution in [3.63, 3.8) is 0 Å². The minimum absolute atomic E-state index is 0.0928. The van der Waals surface area contributed by atoms with Crippen molar-refractivity contribution in [1.82, 2.24) is 14.7 Å². The summed E-state index contributed by atoms with van der Waals surface area (Å²) in [7, 11) is 0. The zero-order chi connectivity index (χ0) is 21.1. The van der Waals surface area contributed by atoms with Crippen molar-refractivity contribution in [1.29, 1.82) is 0 Å². The Morgan fingerprint density at radius 3 is 2.70 bits per heavy atom. The molecule has 4 rings (SSSR count). The van der Waals surface area contributed by atoms with Gasteiger partial charge in [-0.2, -0.15) is 4.98 Å². The van der Waals surface area contributed by atoms with Crippen molar-refractivity contribution in [2.24, 2.45) is 0 Å². The molecule has 0 unspecified atom stereocenters. The summed E-state index contributed by atoms with van der Waals surface area (Å²) in [6, 6.07) is 17.8. The minimum atomic E-state index is -0.411. The van der Waals surface area contributed by atoms with E-state index < -0.39 is 5.56 Å². The number of benzene rings is 2. The lowest BCUT2D eigenvalue weighted by molar-refractivity contribution is -0.116. The number of halogens is 1. The number of carbonyl (C=O) groups excluding carboxylic acids is 1. The van der Waals surface area contributed by atoms with E-state index >= 15 is 0 Å². The minimum Gasteiger partial charge on any atom is -0.333 e. The number of aromatic nitrogens is 3. The Bertz CT molecular complexity index is 1260. The van der Waals surface area contributed by atoms with Crippen molar-refractivity contribution in [2.45, 2.75) is 13.5 Å². The molecular formula is C22H17ClN4O3. The van der Waals surface area contributed by atoms with Crippen LogP contribution in [0.2, 0.25) is 5.02 Å². The summed E-state index contributed by atoms with van der Waals surface area (Å²) in [5.41, 5.74) is 2.05. The maximum absolute atomic E-state index is 12.8. The molecule has 1 N–H and O–H groups in total. The molecule has 0 saturated carbocycles. The number of nitrogens with one attached hydrogen (secondary N) is 1. The predicted molar refractivity (Wildman–Crippen MR) is 114 cm³/mol. The molecular weight excluding hydrogens is 404 g/mol. The number of carbonyl (C=O) groups is 1. The van der Waals surface area contributed by atoms with Gasteiger partial charge < -0.3 is 14.4 Å². The molecule has 0 aliphatic heterocycles. The fraction of sp³-hybridized carbons (Fsp3) is 0.0909. The fourth-order valence-corrected chi connectivity index (χ4v) is 3.21. The Labute approximate surface area is 176 Å². The van der Waals surface area contributed by atoms with Gasteiger partial charge in [0.25, 0.3) is 11.4 Å². The van der Waals surface area contributed by atoms with Gasteiger partial charge >= 0.3 is 0 Å². The number of aryl methyl sites for hydroxylation is 1. The SMILES string of the molecule is Cc1ccc(NC(=O)Cn2cccc(-c3nc(-c4ccccc4)no3)c2=O)c(Cl)c1. The quantitative estimate of drug-likeness (QED) is 0.523. The number of nitrogens with zero attached hydrogens (tertiary/aromatic N) is 3. The molecule has 0 aliphatic carbocycles. The second-order valence-corrected chi connectivity index (χ2v) is 7.08. The van der Waals surface area contributed by atoms with E-state index in [0.717, 1.165) is 11.1 Å². The van der Waals surface area contributed by atoms with Crippen molar-refractivity contribution in [3.8, 4) is 22.8 Å². The smallest absolute Gasteiger partial charge is 0.263 e. The second kappa shape index (κ2) is 8.34. The second-order valence-electron chi connectivity index (χ2n) is 6.68. The van der Waals surface area contributed by atoms with Crippen molar-refractivity contribution >= 4 is 23.2 Å². The van der Waals surface area contributed by atoms with E-state index in [9.17, 15) is 9.59 Å². The molecule has 0 atom stereocenters. The summed E-state index contributed by atoms with van der Waals surface area (Å²) in [6.07, 6.45) is 1.52. The Balaban J connectivity index is 1.55. The van der Waals surface area contributed by atoms with E-state index in [1.165, 1.54) is 10.8 Å². The van der Waals surface area contributed by atoms with Crippen LogP contribution in [0, 0.1) is 6.92 Å². The molecule has 0 radical (unpaired) electrons. The zero-order valence-electron chi connectivity index (χ0n) is 16.0. The summed E-state index contributed by atoms with van der Waals surface area (Å²) >= 11 is 6.16. The fourth-order valence-electron chi connectivity index (χ4n) is 2.93. The number of hydrogen-bond donors (Lipinski definition) is 1. The molecule has 0 spiro atoms. The molecule has 0 saturated heterocycles. The summed E-state index contributed by atoms with van der Waals surface area (Å²) in [6.45, 7) is 1.72. The van der Waals surface area contributed by atoms with Crippen LogP contribution in [0.25, 0.3) is 22.8 Å². The largest absolute Gasteiger partial charge is 0.333 e. The molecule has 2 aromatic carbocycles. The van der Waals surface area contributed by atoms with Gasteiger partial charge in [-0.3, -0.25) is 9.59 Å². The van der Waals surface area contributed by atoms with Crippen LogP contribution < -0.4 is 10.9 Å². The van der Waals surface area contributed by atoms with Crippen LogP contribution in [-0.4, -0.2) is 20.6 Å². The topological polar surface area (TPSA) is 90.0 Å². The first-order valence-corrected chi connectivity index (χ1v) is 9.54. The van der Waals surface area contributed by atoms with Crippen molar-refractivity contribution in [3.05, 3.63) is 87.8 Å². The third kappa shape index (κ3) is 4.16. The van der Waals surface area contributed by atoms with Crippen LogP contribution in [0.1, 0.15) is 5.56 Å². The van der Waals surface area contributed by atoms with E-state index in [2.05, 4.69) is 15.5 Å². The maximum Gasteiger partial charge on any atom is 0.263 e. The number of pyridine rings is 1. The highest BCUT2D eigenvalue weighted by Crippen LogP contribution is 2.23. The van der Waals surface area contributed by atoms with Gasteiger partial charge in [0.2, 0.25) is 11.7 Å². The number of anilines is 1. The predicted octanol–water partition coefficient (Wildman–Crippen LogP) is 4.17. The molecule has 150 valence electrons. The summed E-state index contributed by atoms with van der Waals surface area (Å²) in [5.74, 6) is 0.0952. The van der Waals surface area contributed by atoms with Crippen molar-refractivity contribution in [2.75, 3.05) is 5.32 Å². The highest BCUT2D eigenvalue weighted by molar-refractivity contribution is 6.33. The van der Waals surface area contributed by atoms with E-state index in [1.807, 2.05) is 43.3 Å². The normalized spacial score (nSPS) is 10.7. The zero-order valence-corrected chi connectivity index (χ0v) is 16.8. The van der Waals surface area contributed by atoms with Crippen LogP contribution >= 0.6 is 11.6 Å². The summed E-state index contributed by atoms with van der Waals surface area (Å²) < 4.78 is 6.55. The van der Waals surface area contributed by atoms with Gasteiger partial charge in [-0.05, 0) is 36.8 Å². The Morgan fingerprint density at radius 2 is 1.93 bits per heavy atom. The van der Waals surface area contributed by atoms with Gasteiger partial charge in [-0.25, -0.2) is 0 Å². The number of hydrogen-bond acceptors (Lipinski definition) is 5. The highest BCUT2D eigenvalue weighted by Gasteiger charge is 2.16. The lowest BCUT2D eigenvalue weighted by atomic mass is 10.2. The lowest BCUT2D eigenvalue weighted by Crippen LogP contribution is -2.28. The van der Waals surface area contributed by atoms with Gasteiger partial charge in [0.05, 0.1) is 10.7 Å². The Hall–Kier alpha value is -3.71. The third-order valence-electron chi connectivity index (χ3n) is 4.42. The van der Waals surface area contributed by atoms with Gasteiger partial charge in [-0.15, -0.1) is 0 Å². The van der Waals surface area contributed by atoms with E-state index in [0.29, 0.717) is 16.5 Å². The molecule has 2 heterocycles. The summed E-state index contributed by atoms with van der Waals surface area (Å²) in [5, 5.41) is 7.09. The molecule has 7 nitrogen and oxygen atoms in total.